The Hall–Kier alpha value is -2.70. The van der Waals surface area contributed by atoms with Crippen LogP contribution in [0, 0.1) is 5.92 Å². The van der Waals surface area contributed by atoms with Crippen molar-refractivity contribution in [3.05, 3.63) is 52.8 Å². The molecule has 1 aromatic heterocycles. The number of rotatable bonds is 4. The summed E-state index contributed by atoms with van der Waals surface area (Å²) in [5, 5.41) is 10.8. The van der Waals surface area contributed by atoms with Crippen molar-refractivity contribution in [3.8, 4) is 11.1 Å². The lowest BCUT2D eigenvalue weighted by atomic mass is 9.93. The minimum absolute atomic E-state index is 0.312. The highest BCUT2D eigenvalue weighted by Gasteiger charge is 2.31. The second-order valence-corrected chi connectivity index (χ2v) is 7.79. The van der Waals surface area contributed by atoms with Gasteiger partial charge in [-0.3, -0.25) is 4.79 Å². The first-order chi connectivity index (χ1) is 14.0. The van der Waals surface area contributed by atoms with Crippen molar-refractivity contribution >= 4 is 51.7 Å². The molecule has 1 aliphatic heterocycles. The van der Waals surface area contributed by atoms with Crippen molar-refractivity contribution in [1.82, 2.24) is 9.97 Å². The molecule has 1 N–H and O–H groups in total. The molecular formula is C21H17Cl2N3O3. The number of piperidine rings is 1. The second-order valence-electron chi connectivity index (χ2n) is 6.98. The molecular weight excluding hydrogens is 413 g/mol. The molecule has 1 fully saturated rings. The van der Waals surface area contributed by atoms with Gasteiger partial charge in [-0.15, -0.1) is 0 Å². The number of carboxylic acids is 1. The van der Waals surface area contributed by atoms with Crippen LogP contribution < -0.4 is 4.90 Å². The van der Waals surface area contributed by atoms with Gasteiger partial charge in [-0.2, -0.15) is 0 Å². The van der Waals surface area contributed by atoms with E-state index in [1.165, 1.54) is 6.33 Å². The summed E-state index contributed by atoms with van der Waals surface area (Å²) >= 11 is 12.3. The molecule has 0 bridgehead atoms. The predicted octanol–water partition coefficient (Wildman–Crippen LogP) is 4.47. The van der Waals surface area contributed by atoms with Gasteiger partial charge in [0.2, 0.25) is 5.78 Å². The molecule has 1 unspecified atom stereocenters. The van der Waals surface area contributed by atoms with Gasteiger partial charge in [-0.05, 0) is 42.2 Å². The molecule has 1 atom stereocenters. The van der Waals surface area contributed by atoms with E-state index in [1.54, 1.807) is 12.1 Å². The molecule has 0 aliphatic carbocycles. The summed E-state index contributed by atoms with van der Waals surface area (Å²) in [7, 11) is 0. The molecule has 0 saturated carbocycles. The third-order valence-corrected chi connectivity index (χ3v) is 5.92. The molecule has 2 heterocycles. The van der Waals surface area contributed by atoms with E-state index < -0.39 is 17.7 Å². The molecule has 0 radical (unpaired) electrons. The van der Waals surface area contributed by atoms with Gasteiger partial charge in [0, 0.05) is 19.0 Å². The molecule has 6 nitrogen and oxygen atoms in total. The zero-order chi connectivity index (χ0) is 20.5. The fraction of sp³-hybridized carbons (Fsp3) is 0.238. The van der Waals surface area contributed by atoms with Gasteiger partial charge in [-0.25, -0.2) is 14.8 Å². The highest BCUT2D eigenvalue weighted by Crippen LogP contribution is 2.37. The van der Waals surface area contributed by atoms with Gasteiger partial charge in [0.05, 0.1) is 20.9 Å². The summed E-state index contributed by atoms with van der Waals surface area (Å²) in [6, 6.07) is 11.2. The molecule has 1 aliphatic rings. The smallest absolute Gasteiger partial charge is 0.372 e. The third kappa shape index (κ3) is 3.78. The fourth-order valence-electron chi connectivity index (χ4n) is 3.80. The van der Waals surface area contributed by atoms with Gasteiger partial charge in [0.25, 0.3) is 0 Å². The Labute approximate surface area is 177 Å². The topological polar surface area (TPSA) is 83.4 Å². The highest BCUT2D eigenvalue weighted by molar-refractivity contribution is 6.42. The predicted molar refractivity (Wildman–Crippen MR) is 113 cm³/mol. The maximum absolute atomic E-state index is 12.0. The molecule has 2 aromatic carbocycles. The number of anilines is 1. The number of carboxylic acid groups (broad SMARTS) is 1. The lowest BCUT2D eigenvalue weighted by Gasteiger charge is -2.33. The quantitative estimate of drug-likeness (QED) is 0.615. The van der Waals surface area contributed by atoms with Crippen LogP contribution in [0.2, 0.25) is 10.0 Å². The molecule has 0 amide bonds. The summed E-state index contributed by atoms with van der Waals surface area (Å²) in [6.07, 6.45) is 2.76. The molecule has 8 heteroatoms. The molecule has 29 heavy (non-hydrogen) atoms. The van der Waals surface area contributed by atoms with Crippen molar-refractivity contribution in [1.29, 1.82) is 0 Å². The Morgan fingerprint density at radius 1 is 1.10 bits per heavy atom. The van der Waals surface area contributed by atoms with Gasteiger partial charge in [-0.1, -0.05) is 41.4 Å². The number of aliphatic carboxylic acids is 1. The molecule has 1 saturated heterocycles. The van der Waals surface area contributed by atoms with Crippen molar-refractivity contribution in [3.63, 3.8) is 0 Å². The minimum atomic E-state index is -1.39. The Kier molecular flexibility index (Phi) is 5.39. The average molecular weight is 430 g/mol. The van der Waals surface area contributed by atoms with E-state index in [9.17, 15) is 9.59 Å². The number of carbonyl (C=O) groups excluding carboxylic acids is 1. The van der Waals surface area contributed by atoms with Crippen LogP contribution in [-0.2, 0) is 9.59 Å². The maximum atomic E-state index is 12.0. The summed E-state index contributed by atoms with van der Waals surface area (Å²) in [6.45, 7) is 0.998. The fourth-order valence-corrected chi connectivity index (χ4v) is 4.09. The van der Waals surface area contributed by atoms with Crippen molar-refractivity contribution < 1.29 is 14.7 Å². The number of carbonyl (C=O) groups is 2. The number of hydrogen-bond donors (Lipinski definition) is 1. The molecule has 148 valence electrons. The SMILES string of the molecule is O=C(O)C(=O)C1CCCN(c2ncnc3cccc(-c4ccc(Cl)c(Cl)c4)c23)C1. The Balaban J connectivity index is 1.82. The zero-order valence-electron chi connectivity index (χ0n) is 15.3. The average Bonchev–Trinajstić information content (AvgIpc) is 2.74. The summed E-state index contributed by atoms with van der Waals surface area (Å²) in [5.41, 5.74) is 2.52. The van der Waals surface area contributed by atoms with E-state index in [0.29, 0.717) is 41.8 Å². The summed E-state index contributed by atoms with van der Waals surface area (Å²) in [4.78, 5) is 34.0. The monoisotopic (exact) mass is 429 g/mol. The van der Waals surface area contributed by atoms with Crippen LogP contribution in [0.1, 0.15) is 12.8 Å². The molecule has 3 aromatic rings. The third-order valence-electron chi connectivity index (χ3n) is 5.18. The van der Waals surface area contributed by atoms with Crippen LogP contribution >= 0.6 is 23.2 Å². The number of fused-ring (bicyclic) bond motifs is 1. The van der Waals surface area contributed by atoms with Crippen LogP contribution in [-0.4, -0.2) is 39.9 Å². The van der Waals surface area contributed by atoms with Crippen molar-refractivity contribution in [2.24, 2.45) is 5.92 Å². The summed E-state index contributed by atoms with van der Waals surface area (Å²) in [5.74, 6) is -2.01. The van der Waals surface area contributed by atoms with Crippen LogP contribution in [0.3, 0.4) is 0 Å². The molecule has 4 rings (SSSR count). The lowest BCUT2D eigenvalue weighted by Crippen LogP contribution is -2.41. The first kappa shape index (κ1) is 19.6. The van der Waals surface area contributed by atoms with Gasteiger partial charge >= 0.3 is 5.97 Å². The van der Waals surface area contributed by atoms with E-state index in [4.69, 9.17) is 28.3 Å². The van der Waals surface area contributed by atoms with E-state index in [2.05, 4.69) is 9.97 Å². The lowest BCUT2D eigenvalue weighted by molar-refractivity contribution is -0.151. The Bertz CT molecular complexity index is 1110. The number of halogens is 2. The normalized spacial score (nSPS) is 16.8. The van der Waals surface area contributed by atoms with Crippen LogP contribution in [0.25, 0.3) is 22.0 Å². The van der Waals surface area contributed by atoms with Gasteiger partial charge in [0.15, 0.2) is 0 Å². The largest absolute Gasteiger partial charge is 0.475 e. The number of hydrogen-bond acceptors (Lipinski definition) is 5. The number of aromatic nitrogens is 2. The van der Waals surface area contributed by atoms with Crippen LogP contribution in [0.15, 0.2) is 42.7 Å². The van der Waals surface area contributed by atoms with E-state index in [0.717, 1.165) is 22.0 Å². The van der Waals surface area contributed by atoms with Gasteiger partial charge in [0.1, 0.15) is 12.1 Å². The number of Topliss-reactive ketones (excluding diaryl/α,β-unsaturated/α-hetero) is 1. The highest BCUT2D eigenvalue weighted by atomic mass is 35.5. The van der Waals surface area contributed by atoms with E-state index >= 15 is 0 Å². The van der Waals surface area contributed by atoms with E-state index in [1.807, 2.05) is 29.2 Å². The van der Waals surface area contributed by atoms with Crippen molar-refractivity contribution in [2.45, 2.75) is 12.8 Å². The Morgan fingerprint density at radius 2 is 1.93 bits per heavy atom. The van der Waals surface area contributed by atoms with Crippen LogP contribution in [0.4, 0.5) is 5.82 Å². The second kappa shape index (κ2) is 7.97. The molecule has 0 spiro atoms. The zero-order valence-corrected chi connectivity index (χ0v) is 16.8. The van der Waals surface area contributed by atoms with Crippen molar-refractivity contribution in [2.75, 3.05) is 18.0 Å². The number of ketones is 1. The number of nitrogens with zero attached hydrogens (tertiary/aromatic N) is 3. The summed E-state index contributed by atoms with van der Waals surface area (Å²) < 4.78 is 0. The van der Waals surface area contributed by atoms with Crippen LogP contribution in [0.5, 0.6) is 0 Å². The first-order valence-electron chi connectivity index (χ1n) is 9.17. The number of benzene rings is 2. The first-order valence-corrected chi connectivity index (χ1v) is 9.92. The minimum Gasteiger partial charge on any atom is -0.475 e. The van der Waals surface area contributed by atoms with E-state index in [-0.39, 0.29) is 0 Å². The Morgan fingerprint density at radius 3 is 2.69 bits per heavy atom. The standard InChI is InChI=1S/C21H17Cl2N3O3/c22-15-7-6-12(9-16(15)23)14-4-1-5-17-18(14)20(25-11-24-17)26-8-2-3-13(10-26)19(27)21(28)29/h1,4-7,9,11,13H,2-3,8,10H2,(H,28,29). The van der Waals surface area contributed by atoms with Gasteiger partial charge < -0.3 is 10.0 Å². The maximum Gasteiger partial charge on any atom is 0.372 e.